The Hall–Kier alpha value is -5.25. The summed E-state index contributed by atoms with van der Waals surface area (Å²) in [5.41, 5.74) is 2.28. The number of methoxy groups -OCH3 is 1. The van der Waals surface area contributed by atoms with Crippen LogP contribution in [0.25, 0.3) is 6.08 Å². The van der Waals surface area contributed by atoms with Crippen LogP contribution < -0.4 is 20.7 Å². The van der Waals surface area contributed by atoms with Gasteiger partial charge in [-0.2, -0.15) is 0 Å². The number of hydrogen-bond donors (Lipinski definition) is 3. The Labute approximate surface area is 269 Å². The number of nitrogens with one attached hydrogen (secondary N) is 3. The van der Waals surface area contributed by atoms with Crippen LogP contribution in [0, 0.1) is 0 Å². The number of carbonyl (C=O) groups is 3. The zero-order valence-electron chi connectivity index (χ0n) is 24.0. The van der Waals surface area contributed by atoms with Crippen molar-refractivity contribution < 1.29 is 23.5 Å². The summed E-state index contributed by atoms with van der Waals surface area (Å²) in [5, 5.41) is 8.24. The lowest BCUT2D eigenvalue weighted by molar-refractivity contribution is -0.116. The molecule has 8 nitrogen and oxygen atoms in total. The quantitative estimate of drug-likeness (QED) is 0.101. The summed E-state index contributed by atoms with van der Waals surface area (Å²) in [6.07, 6.45) is 2.94. The Balaban J connectivity index is 1.30. The molecule has 1 unspecified atom stereocenters. The molecular weight excluding hydrogens is 610 g/mol. The number of halogens is 1. The molecule has 5 rings (SSSR count). The molecule has 1 heterocycles. The van der Waals surface area contributed by atoms with E-state index in [0.717, 1.165) is 10.5 Å². The molecule has 0 aliphatic carbocycles. The van der Waals surface area contributed by atoms with Crippen molar-refractivity contribution in [2.24, 2.45) is 0 Å². The molecule has 5 aromatic rings. The third-order valence-corrected chi connectivity index (χ3v) is 8.05. The summed E-state index contributed by atoms with van der Waals surface area (Å²) < 4.78 is 10.6. The van der Waals surface area contributed by atoms with Gasteiger partial charge < -0.3 is 25.1 Å². The second kappa shape index (κ2) is 15.0. The molecule has 0 aliphatic rings. The number of anilines is 2. The number of rotatable bonds is 11. The summed E-state index contributed by atoms with van der Waals surface area (Å²) in [6, 6.07) is 33.5. The molecule has 0 bridgehead atoms. The number of thioether (sulfide) groups is 1. The normalized spacial score (nSPS) is 11.7. The average molecular weight is 638 g/mol. The number of hydrogen-bond acceptors (Lipinski definition) is 6. The number of ether oxygens (including phenoxy) is 1. The lowest BCUT2D eigenvalue weighted by Gasteiger charge is -2.18. The van der Waals surface area contributed by atoms with Crippen molar-refractivity contribution >= 4 is 58.5 Å². The molecule has 0 spiro atoms. The Morgan fingerprint density at radius 1 is 0.822 bits per heavy atom. The molecular formula is C35H28ClN3O5S. The van der Waals surface area contributed by atoms with Gasteiger partial charge in [0.25, 0.3) is 11.8 Å². The van der Waals surface area contributed by atoms with E-state index in [1.54, 1.807) is 72.8 Å². The van der Waals surface area contributed by atoms with Gasteiger partial charge in [0.15, 0.2) is 0 Å². The first kappa shape index (κ1) is 31.2. The smallest absolute Gasteiger partial charge is 0.272 e. The molecule has 4 aromatic carbocycles. The SMILES string of the molecule is COc1ccc(NC(=O)C(Sc2ccc(NC(=O)/C(=C/c3ccco3)NC(=O)c3ccccc3)cc2)c2ccccc2)cc1Cl. The third-order valence-electron chi connectivity index (χ3n) is 6.48. The van der Waals surface area contributed by atoms with Crippen molar-refractivity contribution in [2.75, 3.05) is 17.7 Å². The highest BCUT2D eigenvalue weighted by Crippen LogP contribution is 2.37. The Bertz CT molecular complexity index is 1790. The summed E-state index contributed by atoms with van der Waals surface area (Å²) >= 11 is 7.62. The van der Waals surface area contributed by atoms with E-state index in [-0.39, 0.29) is 11.6 Å². The molecule has 1 atom stereocenters. The largest absolute Gasteiger partial charge is 0.495 e. The maximum Gasteiger partial charge on any atom is 0.272 e. The second-order valence-corrected chi connectivity index (χ2v) is 11.2. The van der Waals surface area contributed by atoms with Crippen LogP contribution in [-0.2, 0) is 9.59 Å². The zero-order chi connectivity index (χ0) is 31.6. The topological polar surface area (TPSA) is 110 Å². The first-order valence-electron chi connectivity index (χ1n) is 13.8. The van der Waals surface area contributed by atoms with E-state index in [2.05, 4.69) is 16.0 Å². The van der Waals surface area contributed by atoms with Crippen molar-refractivity contribution in [3.8, 4) is 5.75 Å². The number of amides is 3. The highest BCUT2D eigenvalue weighted by molar-refractivity contribution is 8.00. The molecule has 0 saturated heterocycles. The first-order valence-corrected chi connectivity index (χ1v) is 15.0. The van der Waals surface area contributed by atoms with Crippen molar-refractivity contribution in [1.82, 2.24) is 5.32 Å². The van der Waals surface area contributed by atoms with Gasteiger partial charge >= 0.3 is 0 Å². The predicted octanol–water partition coefficient (Wildman–Crippen LogP) is 7.82. The van der Waals surface area contributed by atoms with Crippen molar-refractivity contribution in [3.05, 3.63) is 149 Å². The molecule has 1 aromatic heterocycles. The third kappa shape index (κ3) is 8.44. The van der Waals surface area contributed by atoms with E-state index in [0.29, 0.717) is 33.5 Å². The molecule has 0 aliphatic heterocycles. The molecule has 45 heavy (non-hydrogen) atoms. The fraction of sp³-hybridized carbons (Fsp3) is 0.0571. The van der Waals surface area contributed by atoms with Crippen molar-refractivity contribution in [1.29, 1.82) is 0 Å². The fourth-order valence-electron chi connectivity index (χ4n) is 4.26. The van der Waals surface area contributed by atoms with Gasteiger partial charge in [-0.25, -0.2) is 0 Å². The minimum Gasteiger partial charge on any atom is -0.495 e. The van der Waals surface area contributed by atoms with E-state index in [1.807, 2.05) is 42.5 Å². The van der Waals surface area contributed by atoms with Crippen LogP contribution >= 0.6 is 23.4 Å². The zero-order valence-corrected chi connectivity index (χ0v) is 25.6. The molecule has 3 N–H and O–H groups in total. The summed E-state index contributed by atoms with van der Waals surface area (Å²) in [5.74, 6) is -0.278. The van der Waals surface area contributed by atoms with Gasteiger partial charge in [-0.15, -0.1) is 11.8 Å². The first-order chi connectivity index (χ1) is 21.9. The van der Waals surface area contributed by atoms with Crippen LogP contribution in [0.15, 0.2) is 137 Å². The Morgan fingerprint density at radius 3 is 2.16 bits per heavy atom. The van der Waals surface area contributed by atoms with Gasteiger partial charge in [0, 0.05) is 27.9 Å². The van der Waals surface area contributed by atoms with Crippen LogP contribution in [-0.4, -0.2) is 24.8 Å². The van der Waals surface area contributed by atoms with Crippen LogP contribution in [0.5, 0.6) is 5.75 Å². The fourth-order valence-corrected chi connectivity index (χ4v) is 5.54. The van der Waals surface area contributed by atoms with E-state index < -0.39 is 17.1 Å². The highest BCUT2D eigenvalue weighted by Gasteiger charge is 2.23. The molecule has 0 saturated carbocycles. The van der Waals surface area contributed by atoms with Gasteiger partial charge in [0.05, 0.1) is 18.4 Å². The van der Waals surface area contributed by atoms with Gasteiger partial charge in [-0.3, -0.25) is 14.4 Å². The van der Waals surface area contributed by atoms with E-state index in [4.69, 9.17) is 20.8 Å². The Kier molecular flexibility index (Phi) is 10.4. The Morgan fingerprint density at radius 2 is 1.51 bits per heavy atom. The van der Waals surface area contributed by atoms with Crippen LogP contribution in [0.1, 0.15) is 26.9 Å². The molecule has 3 amide bonds. The summed E-state index contributed by atoms with van der Waals surface area (Å²) in [4.78, 5) is 40.4. The number of carbonyl (C=O) groups excluding carboxylic acids is 3. The molecule has 10 heteroatoms. The van der Waals surface area contributed by atoms with Crippen molar-refractivity contribution in [2.45, 2.75) is 10.1 Å². The summed E-state index contributed by atoms with van der Waals surface area (Å²) in [6.45, 7) is 0. The van der Waals surface area contributed by atoms with Gasteiger partial charge in [-0.05, 0) is 72.3 Å². The van der Waals surface area contributed by atoms with Gasteiger partial charge in [-0.1, -0.05) is 60.1 Å². The van der Waals surface area contributed by atoms with Crippen molar-refractivity contribution in [3.63, 3.8) is 0 Å². The maximum atomic E-state index is 13.5. The standard InChI is InChI=1S/C35H28ClN3O5S/c1-43-31-19-16-26(21-29(31)36)38-35(42)32(23-9-4-2-5-10-23)45-28-17-14-25(15-18-28)37-34(41)30(22-27-13-8-20-44-27)39-33(40)24-11-6-3-7-12-24/h2-22,32H,1H3,(H,37,41)(H,38,42)(H,39,40)/b30-22-. The van der Waals surface area contributed by atoms with Crippen LogP contribution in [0.3, 0.4) is 0 Å². The monoisotopic (exact) mass is 637 g/mol. The average Bonchev–Trinajstić information content (AvgIpc) is 3.58. The lowest BCUT2D eigenvalue weighted by atomic mass is 10.1. The second-order valence-electron chi connectivity index (χ2n) is 9.62. The van der Waals surface area contributed by atoms with E-state index in [9.17, 15) is 14.4 Å². The maximum absolute atomic E-state index is 13.5. The molecule has 0 fully saturated rings. The van der Waals surface area contributed by atoms with E-state index >= 15 is 0 Å². The minimum atomic E-state index is -0.580. The predicted molar refractivity (Wildman–Crippen MR) is 177 cm³/mol. The number of benzene rings is 4. The highest BCUT2D eigenvalue weighted by atomic mass is 35.5. The van der Waals surface area contributed by atoms with Crippen LogP contribution in [0.4, 0.5) is 11.4 Å². The minimum absolute atomic E-state index is 0.0108. The summed E-state index contributed by atoms with van der Waals surface area (Å²) in [7, 11) is 1.53. The van der Waals surface area contributed by atoms with E-state index in [1.165, 1.54) is 31.2 Å². The molecule has 0 radical (unpaired) electrons. The van der Waals surface area contributed by atoms with Gasteiger partial charge in [0.2, 0.25) is 5.91 Å². The van der Waals surface area contributed by atoms with Crippen LogP contribution in [0.2, 0.25) is 5.02 Å². The molecule has 226 valence electrons. The van der Waals surface area contributed by atoms with Gasteiger partial charge in [0.1, 0.15) is 22.5 Å². The number of furan rings is 1. The lowest BCUT2D eigenvalue weighted by Crippen LogP contribution is -2.30.